The second kappa shape index (κ2) is 6.06. The van der Waals surface area contributed by atoms with Crippen LogP contribution in [0.25, 0.3) is 0 Å². The minimum atomic E-state index is -3.95. The van der Waals surface area contributed by atoms with Gasteiger partial charge >= 0.3 is 5.97 Å². The monoisotopic (exact) mass is 309 g/mol. The topological polar surface area (TPSA) is 112 Å². The van der Waals surface area contributed by atoms with E-state index in [0.29, 0.717) is 5.82 Å². The first-order valence-electron chi connectivity index (χ1n) is 6.19. The van der Waals surface area contributed by atoms with Crippen LogP contribution < -0.4 is 4.72 Å². The van der Waals surface area contributed by atoms with Gasteiger partial charge in [0.1, 0.15) is 11.9 Å². The third-order valence-corrected chi connectivity index (χ3v) is 4.23. The lowest BCUT2D eigenvalue weighted by Gasteiger charge is -2.14. The van der Waals surface area contributed by atoms with Crippen molar-refractivity contribution in [2.24, 2.45) is 0 Å². The number of nitrogens with one attached hydrogen (secondary N) is 2. The summed E-state index contributed by atoms with van der Waals surface area (Å²) in [6.07, 6.45) is 1.21. The normalized spacial score (nSPS) is 13.0. The molecule has 2 rings (SSSR count). The predicted molar refractivity (Wildman–Crippen MR) is 75.2 cm³/mol. The van der Waals surface area contributed by atoms with E-state index in [1.165, 1.54) is 0 Å². The highest BCUT2D eigenvalue weighted by atomic mass is 32.2. The molecule has 1 aromatic heterocycles. The molecule has 8 heteroatoms. The van der Waals surface area contributed by atoms with Crippen LogP contribution in [0.15, 0.2) is 41.6 Å². The van der Waals surface area contributed by atoms with Crippen molar-refractivity contribution in [2.45, 2.75) is 24.4 Å². The van der Waals surface area contributed by atoms with E-state index in [9.17, 15) is 18.3 Å². The molecule has 3 N–H and O–H groups in total. The second-order valence-corrected chi connectivity index (χ2v) is 6.22. The van der Waals surface area contributed by atoms with Gasteiger partial charge in [0, 0.05) is 0 Å². The molecule has 0 radical (unpaired) electrons. The van der Waals surface area contributed by atoms with Gasteiger partial charge in [0.05, 0.1) is 6.20 Å². The quantitative estimate of drug-likeness (QED) is 0.727. The Balaban J connectivity index is 2.18. The van der Waals surface area contributed by atoms with Gasteiger partial charge in [0.15, 0.2) is 5.03 Å². The zero-order valence-corrected chi connectivity index (χ0v) is 12.1. The zero-order chi connectivity index (χ0) is 15.5. The molecule has 0 unspecified atom stereocenters. The van der Waals surface area contributed by atoms with Crippen molar-refractivity contribution in [1.82, 2.24) is 14.7 Å². The van der Waals surface area contributed by atoms with E-state index < -0.39 is 22.0 Å². The number of carboxylic acid groups (broad SMARTS) is 1. The maximum Gasteiger partial charge on any atom is 0.322 e. The number of aryl methyl sites for hydroxylation is 1. The first kappa shape index (κ1) is 15.2. The number of nitrogens with zero attached hydrogens (tertiary/aromatic N) is 1. The molecule has 1 atom stereocenters. The van der Waals surface area contributed by atoms with Gasteiger partial charge in [-0.05, 0) is 18.9 Å². The molecule has 7 nitrogen and oxygen atoms in total. The Kier molecular flexibility index (Phi) is 4.39. The summed E-state index contributed by atoms with van der Waals surface area (Å²) < 4.78 is 26.4. The molecule has 0 aliphatic rings. The molecule has 112 valence electrons. The summed E-state index contributed by atoms with van der Waals surface area (Å²) in [4.78, 5) is 17.6. The summed E-state index contributed by atoms with van der Waals surface area (Å²) in [6.45, 7) is 1.61. The largest absolute Gasteiger partial charge is 0.480 e. The number of benzene rings is 1. The predicted octanol–water partition coefficient (Wildman–Crippen LogP) is 0.692. The molecule has 2 aromatic rings. The van der Waals surface area contributed by atoms with Crippen LogP contribution in [0.1, 0.15) is 11.4 Å². The van der Waals surface area contributed by atoms with Crippen LogP contribution in [-0.4, -0.2) is 35.5 Å². The molecule has 0 spiro atoms. The van der Waals surface area contributed by atoms with Crippen LogP contribution in [0, 0.1) is 6.92 Å². The van der Waals surface area contributed by atoms with Gasteiger partial charge in [0.2, 0.25) is 0 Å². The van der Waals surface area contributed by atoms with Crippen molar-refractivity contribution >= 4 is 16.0 Å². The molecule has 0 aliphatic heterocycles. The first-order chi connectivity index (χ1) is 9.88. The SMILES string of the molecule is Cc1ncc(S(=O)(=O)N[C@H](Cc2ccccc2)C(=O)O)[nH]1. The number of hydrogen-bond donors (Lipinski definition) is 3. The van der Waals surface area contributed by atoms with Crippen LogP contribution in [0.2, 0.25) is 0 Å². The molecular weight excluding hydrogens is 294 g/mol. The maximum absolute atomic E-state index is 12.1. The number of carboxylic acids is 1. The summed E-state index contributed by atoms with van der Waals surface area (Å²) >= 11 is 0. The van der Waals surface area contributed by atoms with Crippen molar-refractivity contribution in [3.8, 4) is 0 Å². The molecule has 0 aliphatic carbocycles. The van der Waals surface area contributed by atoms with Crippen molar-refractivity contribution < 1.29 is 18.3 Å². The third kappa shape index (κ3) is 3.89. The number of aliphatic carboxylic acids is 1. The fourth-order valence-electron chi connectivity index (χ4n) is 1.81. The lowest BCUT2D eigenvalue weighted by atomic mass is 10.1. The van der Waals surface area contributed by atoms with Gasteiger partial charge in [-0.1, -0.05) is 30.3 Å². The van der Waals surface area contributed by atoms with Gasteiger partial charge in [-0.3, -0.25) is 4.79 Å². The number of carbonyl (C=O) groups is 1. The summed E-state index contributed by atoms with van der Waals surface area (Å²) in [6, 6.07) is 7.56. The summed E-state index contributed by atoms with van der Waals surface area (Å²) in [5, 5.41) is 9.04. The highest BCUT2D eigenvalue weighted by Crippen LogP contribution is 2.09. The first-order valence-corrected chi connectivity index (χ1v) is 7.67. The number of rotatable bonds is 6. The molecule has 0 amide bonds. The Morgan fingerprint density at radius 1 is 1.38 bits per heavy atom. The minimum Gasteiger partial charge on any atom is -0.480 e. The maximum atomic E-state index is 12.1. The van der Waals surface area contributed by atoms with Gasteiger partial charge < -0.3 is 10.1 Å². The summed E-state index contributed by atoms with van der Waals surface area (Å²) in [7, 11) is -3.95. The van der Waals surface area contributed by atoms with E-state index in [1.807, 2.05) is 0 Å². The molecular formula is C13H15N3O4S. The Labute approximate surface area is 122 Å². The fourth-order valence-corrected chi connectivity index (χ4v) is 2.97. The fraction of sp³-hybridized carbons (Fsp3) is 0.231. The molecule has 21 heavy (non-hydrogen) atoms. The Morgan fingerprint density at radius 3 is 2.57 bits per heavy atom. The molecule has 0 bridgehead atoms. The molecule has 0 saturated carbocycles. The summed E-state index contributed by atoms with van der Waals surface area (Å²) in [5.74, 6) is -0.802. The average molecular weight is 309 g/mol. The number of aromatic amines is 1. The summed E-state index contributed by atoms with van der Waals surface area (Å²) in [5.41, 5.74) is 0.730. The lowest BCUT2D eigenvalue weighted by Crippen LogP contribution is -2.42. The minimum absolute atomic E-state index is 0.0581. The third-order valence-electron chi connectivity index (χ3n) is 2.85. The molecule has 0 fully saturated rings. The van der Waals surface area contributed by atoms with Gasteiger partial charge in [0.25, 0.3) is 10.0 Å². The van der Waals surface area contributed by atoms with Crippen LogP contribution in [0.3, 0.4) is 0 Å². The standard InChI is InChI=1S/C13H15N3O4S/c1-9-14-8-12(15-9)21(19,20)16-11(13(17)18)7-10-5-3-2-4-6-10/h2-6,8,11,16H,7H2,1H3,(H,14,15)(H,17,18)/t11-/m1/s1. The number of imidazole rings is 1. The molecule has 0 saturated heterocycles. The van der Waals surface area contributed by atoms with Gasteiger partial charge in [-0.2, -0.15) is 4.72 Å². The van der Waals surface area contributed by atoms with Gasteiger partial charge in [-0.25, -0.2) is 13.4 Å². The molecule has 1 aromatic carbocycles. The van der Waals surface area contributed by atoms with Crippen LogP contribution in [0.5, 0.6) is 0 Å². The number of sulfonamides is 1. The Bertz CT molecular complexity index is 725. The van der Waals surface area contributed by atoms with Crippen LogP contribution in [0.4, 0.5) is 0 Å². The van der Waals surface area contributed by atoms with E-state index in [1.54, 1.807) is 37.3 Å². The van der Waals surface area contributed by atoms with Crippen molar-refractivity contribution in [3.05, 3.63) is 47.9 Å². The van der Waals surface area contributed by atoms with E-state index in [4.69, 9.17) is 0 Å². The van der Waals surface area contributed by atoms with Crippen molar-refractivity contribution in [2.75, 3.05) is 0 Å². The highest BCUT2D eigenvalue weighted by Gasteiger charge is 2.26. The Hall–Kier alpha value is -2.19. The zero-order valence-electron chi connectivity index (χ0n) is 11.3. The molecule has 1 heterocycles. The number of hydrogen-bond acceptors (Lipinski definition) is 4. The second-order valence-electron chi connectivity index (χ2n) is 4.53. The van der Waals surface area contributed by atoms with Gasteiger partial charge in [-0.15, -0.1) is 0 Å². The average Bonchev–Trinajstić information content (AvgIpc) is 2.86. The van der Waals surface area contributed by atoms with Crippen LogP contribution in [-0.2, 0) is 21.2 Å². The van der Waals surface area contributed by atoms with Crippen LogP contribution >= 0.6 is 0 Å². The smallest absolute Gasteiger partial charge is 0.322 e. The lowest BCUT2D eigenvalue weighted by molar-refractivity contribution is -0.138. The number of H-pyrrole nitrogens is 1. The highest BCUT2D eigenvalue weighted by molar-refractivity contribution is 7.89. The van der Waals surface area contributed by atoms with Crippen molar-refractivity contribution in [3.63, 3.8) is 0 Å². The van der Waals surface area contributed by atoms with E-state index in [2.05, 4.69) is 14.7 Å². The number of aromatic nitrogens is 2. The van der Waals surface area contributed by atoms with E-state index in [0.717, 1.165) is 11.8 Å². The van der Waals surface area contributed by atoms with E-state index in [-0.39, 0.29) is 11.4 Å². The van der Waals surface area contributed by atoms with E-state index >= 15 is 0 Å². The van der Waals surface area contributed by atoms with Crippen molar-refractivity contribution in [1.29, 1.82) is 0 Å². The Morgan fingerprint density at radius 2 is 2.05 bits per heavy atom.